The number of benzene rings is 2. The lowest BCUT2D eigenvalue weighted by molar-refractivity contribution is -0.385. The largest absolute Gasteiger partial charge is 0.493 e. The lowest BCUT2D eigenvalue weighted by Crippen LogP contribution is -2.04. The van der Waals surface area contributed by atoms with Crippen LogP contribution in [0, 0.1) is 28.4 Å². The van der Waals surface area contributed by atoms with Crippen molar-refractivity contribution < 1.29 is 19.2 Å². The Labute approximate surface area is 166 Å². The van der Waals surface area contributed by atoms with Gasteiger partial charge in [0.05, 0.1) is 36.3 Å². The molecule has 0 unspecified atom stereocenters. The maximum atomic E-state index is 13.1. The minimum atomic E-state index is -0.607. The van der Waals surface area contributed by atoms with Crippen LogP contribution in [0.25, 0.3) is 17.0 Å². The number of para-hydroxylation sites is 1. The number of nitrogens with zero attached hydrogens (tertiary/aromatic N) is 2. The van der Waals surface area contributed by atoms with E-state index in [0.717, 1.165) is 5.52 Å². The van der Waals surface area contributed by atoms with Gasteiger partial charge in [-0.1, -0.05) is 18.2 Å². The van der Waals surface area contributed by atoms with E-state index in [2.05, 4.69) is 4.98 Å². The summed E-state index contributed by atoms with van der Waals surface area (Å²) >= 11 is 0. The van der Waals surface area contributed by atoms with Crippen LogP contribution in [0.4, 0.5) is 5.69 Å². The quantitative estimate of drug-likeness (QED) is 0.221. The van der Waals surface area contributed by atoms with Gasteiger partial charge in [0, 0.05) is 16.6 Å². The second kappa shape index (κ2) is 7.86. The summed E-state index contributed by atoms with van der Waals surface area (Å²) in [6.07, 6.45) is 1.20. The van der Waals surface area contributed by atoms with Gasteiger partial charge in [0.1, 0.15) is 11.6 Å². The zero-order valence-electron chi connectivity index (χ0n) is 16.0. The molecular weight excluding hydrogens is 374 g/mol. The molecule has 0 bridgehead atoms. The lowest BCUT2D eigenvalue weighted by atomic mass is 9.98. The molecule has 2 aromatic carbocycles. The Kier molecular flexibility index (Phi) is 5.32. The zero-order valence-corrected chi connectivity index (χ0v) is 16.0. The fraction of sp³-hybridized carbons (Fsp3) is 0.143. The highest BCUT2D eigenvalue weighted by Crippen LogP contribution is 2.36. The van der Waals surface area contributed by atoms with Crippen molar-refractivity contribution in [3.05, 3.63) is 68.9 Å². The van der Waals surface area contributed by atoms with E-state index in [4.69, 9.17) is 9.47 Å². The summed E-state index contributed by atoms with van der Waals surface area (Å²) in [6.45, 7) is 1.74. The van der Waals surface area contributed by atoms with E-state index in [1.807, 2.05) is 18.2 Å². The normalized spacial score (nSPS) is 11.2. The van der Waals surface area contributed by atoms with Crippen molar-refractivity contribution in [2.45, 2.75) is 6.92 Å². The first-order valence-electron chi connectivity index (χ1n) is 8.55. The van der Waals surface area contributed by atoms with Crippen molar-refractivity contribution in [3.63, 3.8) is 0 Å². The number of nitro groups is 1. The van der Waals surface area contributed by atoms with Crippen LogP contribution >= 0.6 is 0 Å². The molecule has 1 N–H and O–H groups in total. The molecule has 0 radical (unpaired) electrons. The smallest absolute Gasteiger partial charge is 0.280 e. The summed E-state index contributed by atoms with van der Waals surface area (Å²) in [5.74, 6) is -0.0995. The third-order valence-electron chi connectivity index (χ3n) is 4.52. The molecule has 8 heteroatoms. The van der Waals surface area contributed by atoms with Gasteiger partial charge in [-0.3, -0.25) is 14.9 Å². The van der Waals surface area contributed by atoms with Crippen LogP contribution in [0.2, 0.25) is 0 Å². The number of aryl methyl sites for hydroxylation is 1. The molecule has 1 aromatic heterocycles. The van der Waals surface area contributed by atoms with Gasteiger partial charge in [-0.15, -0.1) is 0 Å². The Morgan fingerprint density at radius 1 is 1.21 bits per heavy atom. The van der Waals surface area contributed by atoms with Crippen molar-refractivity contribution in [1.29, 1.82) is 5.26 Å². The zero-order chi connectivity index (χ0) is 21.1. The number of rotatable bonds is 6. The van der Waals surface area contributed by atoms with E-state index < -0.39 is 10.7 Å². The molecule has 3 rings (SSSR count). The summed E-state index contributed by atoms with van der Waals surface area (Å²) in [6, 6.07) is 11.7. The molecule has 0 aliphatic carbocycles. The van der Waals surface area contributed by atoms with E-state index >= 15 is 0 Å². The van der Waals surface area contributed by atoms with Crippen LogP contribution in [0.3, 0.4) is 0 Å². The highest BCUT2D eigenvalue weighted by Gasteiger charge is 2.23. The number of nitro benzene ring substituents is 1. The van der Waals surface area contributed by atoms with Gasteiger partial charge in [-0.2, -0.15) is 5.26 Å². The molecule has 0 spiro atoms. The summed E-state index contributed by atoms with van der Waals surface area (Å²) < 4.78 is 10.3. The number of carbonyl (C=O) groups excluding carboxylic acids is 1. The van der Waals surface area contributed by atoms with E-state index in [-0.39, 0.29) is 28.3 Å². The Morgan fingerprint density at radius 3 is 2.48 bits per heavy atom. The third-order valence-corrected chi connectivity index (χ3v) is 4.52. The Hall–Kier alpha value is -4.12. The number of ketones is 1. The molecule has 29 heavy (non-hydrogen) atoms. The van der Waals surface area contributed by atoms with Crippen LogP contribution in [0.15, 0.2) is 42.0 Å². The summed E-state index contributed by atoms with van der Waals surface area (Å²) in [4.78, 5) is 27.1. The first-order chi connectivity index (χ1) is 13.9. The van der Waals surface area contributed by atoms with Crippen LogP contribution in [0.5, 0.6) is 11.5 Å². The molecule has 0 aliphatic heterocycles. The first-order valence-corrected chi connectivity index (χ1v) is 8.55. The number of methoxy groups -OCH3 is 2. The molecule has 3 aromatic rings. The maximum absolute atomic E-state index is 13.1. The van der Waals surface area contributed by atoms with E-state index in [9.17, 15) is 20.2 Å². The Morgan fingerprint density at radius 2 is 1.86 bits per heavy atom. The highest BCUT2D eigenvalue weighted by molar-refractivity contribution is 6.20. The molecule has 0 amide bonds. The SMILES string of the molecule is COc1cc(C=C(C#N)C(=O)c2c(C)[nH]c3ccccc23)c([N+](=O)[O-])cc1OC. The van der Waals surface area contributed by atoms with Gasteiger partial charge in [-0.05, 0) is 25.1 Å². The van der Waals surface area contributed by atoms with Crippen molar-refractivity contribution in [3.8, 4) is 17.6 Å². The van der Waals surface area contributed by atoms with Crippen molar-refractivity contribution in [1.82, 2.24) is 4.98 Å². The molecule has 0 saturated heterocycles. The van der Waals surface area contributed by atoms with Crippen LogP contribution in [0.1, 0.15) is 21.6 Å². The summed E-state index contributed by atoms with van der Waals surface area (Å²) in [5, 5.41) is 21.8. The second-order valence-corrected chi connectivity index (χ2v) is 6.19. The van der Waals surface area contributed by atoms with Gasteiger partial charge in [0.25, 0.3) is 5.69 Å². The number of nitrogens with one attached hydrogen (secondary N) is 1. The number of Topliss-reactive ketones (excluding diaryl/α,β-unsaturated/α-hetero) is 1. The Bertz CT molecular complexity index is 1200. The number of ether oxygens (including phenoxy) is 2. The number of carbonyl (C=O) groups is 1. The van der Waals surface area contributed by atoms with Crippen LogP contribution < -0.4 is 9.47 Å². The van der Waals surface area contributed by atoms with Crippen LogP contribution in [-0.2, 0) is 0 Å². The fourth-order valence-corrected chi connectivity index (χ4v) is 3.17. The number of hydrogen-bond acceptors (Lipinski definition) is 6. The van der Waals surface area contributed by atoms with E-state index in [0.29, 0.717) is 16.6 Å². The van der Waals surface area contributed by atoms with Gasteiger partial charge >= 0.3 is 0 Å². The van der Waals surface area contributed by atoms with Gasteiger partial charge in [0.2, 0.25) is 5.78 Å². The van der Waals surface area contributed by atoms with Crippen molar-refractivity contribution >= 4 is 28.4 Å². The molecule has 0 aliphatic rings. The standard InChI is InChI=1S/C21H17N3O5/c1-12-20(15-6-4-5-7-16(15)23-12)21(25)14(11-22)8-13-9-18(28-2)19(29-3)10-17(13)24(26)27/h4-10,23H,1-3H3. The molecule has 0 saturated carbocycles. The number of aromatic nitrogens is 1. The summed E-state index contributed by atoms with van der Waals surface area (Å²) in [7, 11) is 2.75. The molecule has 146 valence electrons. The summed E-state index contributed by atoms with van der Waals surface area (Å²) in [5.41, 5.74) is 1.26. The molecule has 8 nitrogen and oxygen atoms in total. The third kappa shape index (κ3) is 3.53. The number of H-pyrrole nitrogens is 1. The predicted molar refractivity (Wildman–Crippen MR) is 107 cm³/mol. The monoisotopic (exact) mass is 391 g/mol. The minimum Gasteiger partial charge on any atom is -0.493 e. The minimum absolute atomic E-state index is 0.0649. The highest BCUT2D eigenvalue weighted by atomic mass is 16.6. The van der Waals surface area contributed by atoms with Gasteiger partial charge in [0.15, 0.2) is 11.5 Å². The number of fused-ring (bicyclic) bond motifs is 1. The number of aromatic amines is 1. The fourth-order valence-electron chi connectivity index (χ4n) is 3.17. The second-order valence-electron chi connectivity index (χ2n) is 6.19. The molecular formula is C21H17N3O5. The van der Waals surface area contributed by atoms with Gasteiger partial charge in [-0.25, -0.2) is 0 Å². The number of nitriles is 1. The molecule has 1 heterocycles. The van der Waals surface area contributed by atoms with E-state index in [1.54, 1.807) is 19.1 Å². The molecule has 0 fully saturated rings. The van der Waals surface area contributed by atoms with E-state index in [1.165, 1.54) is 32.4 Å². The first kappa shape index (κ1) is 19.6. The molecule has 0 atom stereocenters. The van der Waals surface area contributed by atoms with Gasteiger partial charge < -0.3 is 14.5 Å². The predicted octanol–water partition coefficient (Wildman–Crippen LogP) is 4.19. The maximum Gasteiger partial charge on any atom is 0.280 e. The lowest BCUT2D eigenvalue weighted by Gasteiger charge is -2.09. The van der Waals surface area contributed by atoms with Crippen molar-refractivity contribution in [2.24, 2.45) is 0 Å². The average Bonchev–Trinajstić information content (AvgIpc) is 3.06. The number of hydrogen-bond donors (Lipinski definition) is 1. The Balaban J connectivity index is 2.18. The van der Waals surface area contributed by atoms with Crippen LogP contribution in [-0.4, -0.2) is 29.9 Å². The average molecular weight is 391 g/mol. The topological polar surface area (TPSA) is 118 Å². The number of allylic oxidation sites excluding steroid dienone is 1. The van der Waals surface area contributed by atoms with Crippen molar-refractivity contribution in [2.75, 3.05) is 14.2 Å².